The fourth-order valence-corrected chi connectivity index (χ4v) is 2.61. The molecule has 2 aromatic carbocycles. The summed E-state index contributed by atoms with van der Waals surface area (Å²) in [6.45, 7) is 3.51. The van der Waals surface area contributed by atoms with Crippen molar-refractivity contribution < 1.29 is 14.3 Å². The zero-order valence-electron chi connectivity index (χ0n) is 13.9. The van der Waals surface area contributed by atoms with Crippen LogP contribution in [0.25, 0.3) is 0 Å². The van der Waals surface area contributed by atoms with Crippen molar-refractivity contribution in [3.05, 3.63) is 52.5 Å². The van der Waals surface area contributed by atoms with Crippen LogP contribution in [0.1, 0.15) is 13.8 Å². The summed E-state index contributed by atoms with van der Waals surface area (Å²) in [4.78, 5) is 25.8. The minimum absolute atomic E-state index is 0.178. The van der Waals surface area contributed by atoms with E-state index in [1.165, 1.54) is 11.8 Å². The van der Waals surface area contributed by atoms with E-state index >= 15 is 0 Å². The molecule has 0 saturated heterocycles. The second kappa shape index (κ2) is 8.74. The molecule has 0 aliphatic carbocycles. The summed E-state index contributed by atoms with van der Waals surface area (Å²) in [6, 6.07) is 12.0. The molecule has 0 fully saturated rings. The first-order valence-electron chi connectivity index (χ1n) is 7.67. The number of halogens is 2. The van der Waals surface area contributed by atoms with Gasteiger partial charge in [-0.1, -0.05) is 41.4 Å². The molecule has 2 amide bonds. The van der Waals surface area contributed by atoms with Gasteiger partial charge in [0, 0.05) is 6.92 Å². The molecule has 0 radical (unpaired) electrons. The molecule has 0 aliphatic heterocycles. The molecule has 25 heavy (non-hydrogen) atoms. The molecule has 0 spiro atoms. The van der Waals surface area contributed by atoms with Gasteiger partial charge in [0.1, 0.15) is 12.3 Å². The van der Waals surface area contributed by atoms with Crippen LogP contribution in [0.5, 0.6) is 5.75 Å². The first-order chi connectivity index (χ1) is 11.9. The SMILES string of the molecule is CCOc1ccccc1N(CC(=O)Nc1cccc(Cl)c1Cl)C(C)=O. The lowest BCUT2D eigenvalue weighted by molar-refractivity contribution is -0.120. The first-order valence-corrected chi connectivity index (χ1v) is 8.43. The van der Waals surface area contributed by atoms with Crippen LogP contribution in [0.15, 0.2) is 42.5 Å². The Morgan fingerprint density at radius 3 is 2.52 bits per heavy atom. The van der Waals surface area contributed by atoms with E-state index in [9.17, 15) is 9.59 Å². The number of carbonyl (C=O) groups excluding carboxylic acids is 2. The number of anilines is 2. The van der Waals surface area contributed by atoms with Crippen LogP contribution >= 0.6 is 23.2 Å². The Morgan fingerprint density at radius 2 is 1.84 bits per heavy atom. The quantitative estimate of drug-likeness (QED) is 0.808. The van der Waals surface area contributed by atoms with E-state index in [-0.39, 0.29) is 17.5 Å². The van der Waals surface area contributed by atoms with E-state index in [0.29, 0.717) is 28.8 Å². The number of nitrogens with one attached hydrogen (secondary N) is 1. The largest absolute Gasteiger partial charge is 0.492 e. The highest BCUT2D eigenvalue weighted by molar-refractivity contribution is 6.44. The van der Waals surface area contributed by atoms with E-state index in [1.807, 2.05) is 6.92 Å². The number of carbonyl (C=O) groups is 2. The third-order valence-corrected chi connectivity index (χ3v) is 4.18. The minimum Gasteiger partial charge on any atom is -0.492 e. The monoisotopic (exact) mass is 380 g/mol. The van der Waals surface area contributed by atoms with Gasteiger partial charge in [0.2, 0.25) is 11.8 Å². The maximum absolute atomic E-state index is 12.4. The van der Waals surface area contributed by atoms with E-state index in [2.05, 4.69) is 5.32 Å². The van der Waals surface area contributed by atoms with E-state index in [0.717, 1.165) is 0 Å². The molecule has 7 heteroatoms. The van der Waals surface area contributed by atoms with Gasteiger partial charge >= 0.3 is 0 Å². The lowest BCUT2D eigenvalue weighted by Crippen LogP contribution is -2.37. The van der Waals surface area contributed by atoms with Crippen LogP contribution in [0.4, 0.5) is 11.4 Å². The Bertz CT molecular complexity index is 781. The van der Waals surface area contributed by atoms with Gasteiger partial charge in [-0.2, -0.15) is 0 Å². The molecule has 0 heterocycles. The second-order valence-corrected chi connectivity index (χ2v) is 5.94. The van der Waals surface area contributed by atoms with E-state index in [4.69, 9.17) is 27.9 Å². The number of hydrogen-bond acceptors (Lipinski definition) is 3. The lowest BCUT2D eigenvalue weighted by Gasteiger charge is -2.23. The van der Waals surface area contributed by atoms with Gasteiger partial charge in [-0.05, 0) is 31.2 Å². The minimum atomic E-state index is -0.398. The van der Waals surface area contributed by atoms with Crippen LogP contribution in [-0.4, -0.2) is 25.0 Å². The number of benzene rings is 2. The zero-order chi connectivity index (χ0) is 18.4. The van der Waals surface area contributed by atoms with E-state index < -0.39 is 5.91 Å². The summed E-state index contributed by atoms with van der Waals surface area (Å²) in [7, 11) is 0. The van der Waals surface area contributed by atoms with Gasteiger partial charge < -0.3 is 10.1 Å². The van der Waals surface area contributed by atoms with Crippen molar-refractivity contribution >= 4 is 46.4 Å². The summed E-state index contributed by atoms with van der Waals surface area (Å²) >= 11 is 12.0. The van der Waals surface area contributed by atoms with Gasteiger partial charge in [0.05, 0.1) is 28.0 Å². The Labute approximate surface area is 156 Å². The average Bonchev–Trinajstić information content (AvgIpc) is 2.58. The zero-order valence-corrected chi connectivity index (χ0v) is 15.4. The molecule has 0 unspecified atom stereocenters. The molecule has 1 N–H and O–H groups in total. The molecule has 0 atom stereocenters. The highest BCUT2D eigenvalue weighted by atomic mass is 35.5. The van der Waals surface area contributed by atoms with Gasteiger partial charge in [0.25, 0.3) is 0 Å². The fraction of sp³-hybridized carbons (Fsp3) is 0.222. The van der Waals surface area contributed by atoms with Crippen molar-refractivity contribution in [2.75, 3.05) is 23.4 Å². The van der Waals surface area contributed by atoms with Crippen molar-refractivity contribution in [3.8, 4) is 5.75 Å². The molecular weight excluding hydrogens is 363 g/mol. The van der Waals surface area contributed by atoms with Crippen LogP contribution < -0.4 is 15.0 Å². The molecule has 0 saturated carbocycles. The molecule has 2 rings (SSSR count). The smallest absolute Gasteiger partial charge is 0.244 e. The van der Waals surface area contributed by atoms with Crippen LogP contribution in [0.2, 0.25) is 10.0 Å². The molecule has 132 valence electrons. The molecule has 0 bridgehead atoms. The van der Waals surface area contributed by atoms with Crippen molar-refractivity contribution in [3.63, 3.8) is 0 Å². The maximum atomic E-state index is 12.4. The third kappa shape index (κ3) is 4.87. The summed E-state index contributed by atoms with van der Waals surface area (Å²) in [5.41, 5.74) is 0.921. The normalized spacial score (nSPS) is 10.2. The Hall–Kier alpha value is -2.24. The van der Waals surface area contributed by atoms with Crippen LogP contribution in [0.3, 0.4) is 0 Å². The Balaban J connectivity index is 2.21. The third-order valence-electron chi connectivity index (χ3n) is 3.36. The summed E-state index contributed by atoms with van der Waals surface area (Å²) in [6.07, 6.45) is 0. The summed E-state index contributed by atoms with van der Waals surface area (Å²) in [5, 5.41) is 3.26. The van der Waals surface area contributed by atoms with Crippen molar-refractivity contribution in [2.45, 2.75) is 13.8 Å². The van der Waals surface area contributed by atoms with E-state index in [1.54, 1.807) is 42.5 Å². The average molecular weight is 381 g/mol. The first kappa shape index (κ1) is 19.1. The Morgan fingerprint density at radius 1 is 1.12 bits per heavy atom. The second-order valence-electron chi connectivity index (χ2n) is 5.16. The lowest BCUT2D eigenvalue weighted by atomic mass is 10.2. The van der Waals surface area contributed by atoms with Crippen molar-refractivity contribution in [1.82, 2.24) is 0 Å². The highest BCUT2D eigenvalue weighted by Crippen LogP contribution is 2.30. The standard InChI is InChI=1S/C18H18Cl2N2O3/c1-3-25-16-10-5-4-9-15(16)22(12(2)23)11-17(24)21-14-8-6-7-13(19)18(14)20/h4-10H,3,11H2,1-2H3,(H,21,24). The van der Waals surface area contributed by atoms with Crippen molar-refractivity contribution in [1.29, 1.82) is 0 Å². The molecule has 5 nitrogen and oxygen atoms in total. The van der Waals surface area contributed by atoms with Crippen molar-refractivity contribution in [2.24, 2.45) is 0 Å². The fourth-order valence-electron chi connectivity index (χ4n) is 2.26. The van der Waals surface area contributed by atoms with Gasteiger partial charge in [-0.3, -0.25) is 14.5 Å². The topological polar surface area (TPSA) is 58.6 Å². The molecule has 2 aromatic rings. The highest BCUT2D eigenvalue weighted by Gasteiger charge is 2.20. The molecular formula is C18H18Cl2N2O3. The number of rotatable bonds is 6. The molecule has 0 aromatic heterocycles. The number of para-hydroxylation sites is 2. The Kier molecular flexibility index (Phi) is 6.67. The summed E-state index contributed by atoms with van der Waals surface area (Å²) < 4.78 is 5.54. The number of nitrogens with zero attached hydrogens (tertiary/aromatic N) is 1. The number of amides is 2. The predicted molar refractivity (Wildman–Crippen MR) is 101 cm³/mol. The number of hydrogen-bond donors (Lipinski definition) is 1. The number of ether oxygens (including phenoxy) is 1. The van der Waals surface area contributed by atoms with Crippen LogP contribution in [0, 0.1) is 0 Å². The van der Waals surface area contributed by atoms with Gasteiger partial charge in [-0.25, -0.2) is 0 Å². The summed E-state index contributed by atoms with van der Waals surface area (Å²) in [5.74, 6) is -0.140. The molecule has 0 aliphatic rings. The van der Waals surface area contributed by atoms with Crippen LogP contribution in [-0.2, 0) is 9.59 Å². The van der Waals surface area contributed by atoms with Gasteiger partial charge in [0.15, 0.2) is 0 Å². The maximum Gasteiger partial charge on any atom is 0.244 e. The predicted octanol–water partition coefficient (Wildman–Crippen LogP) is 4.38. The van der Waals surface area contributed by atoms with Gasteiger partial charge in [-0.15, -0.1) is 0 Å².